The van der Waals surface area contributed by atoms with Gasteiger partial charge in [0.15, 0.2) is 11.9 Å². The van der Waals surface area contributed by atoms with Gasteiger partial charge in [-0.25, -0.2) is 4.57 Å². The van der Waals surface area contributed by atoms with Crippen LogP contribution in [0.15, 0.2) is 134 Å². The molecule has 0 fully saturated rings. The summed E-state index contributed by atoms with van der Waals surface area (Å²) in [6.07, 6.45) is 6.18. The molecule has 0 saturated carbocycles. The summed E-state index contributed by atoms with van der Waals surface area (Å²) in [4.78, 5) is 0. The van der Waals surface area contributed by atoms with E-state index >= 15 is 0 Å². The third-order valence-corrected chi connectivity index (χ3v) is 7.31. The van der Waals surface area contributed by atoms with Crippen LogP contribution in [-0.2, 0) is 6.54 Å². The van der Waals surface area contributed by atoms with Gasteiger partial charge in [0.2, 0.25) is 0 Å². The first kappa shape index (κ1) is 33.6. The van der Waals surface area contributed by atoms with E-state index < -0.39 is 0 Å². The van der Waals surface area contributed by atoms with Crippen molar-refractivity contribution in [3.8, 4) is 45.9 Å². The lowest BCUT2D eigenvalue weighted by atomic mass is 10.0. The lowest BCUT2D eigenvalue weighted by molar-refractivity contribution is -0.703. The Morgan fingerprint density at radius 2 is 0.977 bits per heavy atom. The number of nitrogens with zero attached hydrogens (tertiary/aromatic N) is 1. The van der Waals surface area contributed by atoms with Gasteiger partial charge in [0.25, 0.3) is 0 Å². The predicted octanol–water partition coefficient (Wildman–Crippen LogP) is 6.67. The molecule has 0 N–H and O–H groups in total. The quantitative estimate of drug-likeness (QED) is 0.0778. The molecule has 4 aromatic carbocycles. The van der Waals surface area contributed by atoms with Crippen LogP contribution in [0, 0.1) is 30.6 Å². The normalized spacial score (nSPS) is 9.63. The maximum Gasteiger partial charge on any atom is 0.178 e. The Morgan fingerprint density at radius 3 is 1.44 bits per heavy atom. The molecule has 43 heavy (non-hydrogen) atoms. The molecule has 0 amide bonds. The van der Waals surface area contributed by atoms with E-state index in [2.05, 4.69) is 173 Å². The topological polar surface area (TPSA) is 3.88 Å². The minimum Gasteiger partial charge on any atom is -1.00 e. The molecule has 3 heteroatoms. The molecule has 0 saturated heterocycles. The Labute approximate surface area is 276 Å². The van der Waals surface area contributed by atoms with Crippen LogP contribution >= 0.6 is 15.9 Å². The highest BCUT2D eigenvalue weighted by Gasteiger charge is 2.02. The van der Waals surface area contributed by atoms with Gasteiger partial charge in [-0.15, -0.1) is 0 Å². The molecule has 1 aromatic heterocycles. The van der Waals surface area contributed by atoms with E-state index in [4.69, 9.17) is 0 Å². The Morgan fingerprint density at radius 1 is 0.535 bits per heavy atom. The molecule has 1 nitrogen and oxygen atoms in total. The molecule has 0 spiro atoms. The number of hydrogen-bond acceptors (Lipinski definition) is 0. The zero-order chi connectivity index (χ0) is 29.2. The second-order valence-corrected chi connectivity index (χ2v) is 10.7. The van der Waals surface area contributed by atoms with Crippen LogP contribution in [0.4, 0.5) is 0 Å². The molecule has 0 aliphatic carbocycles. The van der Waals surface area contributed by atoms with Crippen molar-refractivity contribution in [2.75, 3.05) is 5.33 Å². The van der Waals surface area contributed by atoms with Gasteiger partial charge in [-0.05, 0) is 52.9 Å². The highest BCUT2D eigenvalue weighted by Crippen LogP contribution is 2.20. The first-order valence-corrected chi connectivity index (χ1v) is 15.6. The van der Waals surface area contributed by atoms with Crippen LogP contribution in [0.5, 0.6) is 0 Å². The maximum absolute atomic E-state index is 3.40. The maximum atomic E-state index is 3.40. The van der Waals surface area contributed by atoms with Gasteiger partial charge in [-0.3, -0.25) is 0 Å². The summed E-state index contributed by atoms with van der Waals surface area (Å²) in [6.45, 7) is 3.16. The standard InChI is InChI=1S/C23H22N.C17H15Br.BrH/c1-20-10-7-9-19-24(20)18-8-3-4-11-21-14-16-23(17-15-21)22-12-5-2-6-13-22;18-14-6-2-3-7-15-10-12-17(13-11-15)16-8-4-1-5-9-16;/h2,5-7,9-10,12-17,19H,3,8,18H2,1H3;1,4-5,8-13H,2,6,14H2;1H/q+1;;/p-1. The molecular weight excluding hydrogens is 654 g/mol. The van der Waals surface area contributed by atoms with E-state index in [0.29, 0.717) is 0 Å². The van der Waals surface area contributed by atoms with E-state index in [1.807, 2.05) is 12.1 Å². The number of rotatable bonds is 7. The third kappa shape index (κ3) is 11.7. The van der Waals surface area contributed by atoms with Crippen LogP contribution in [-0.4, -0.2) is 5.33 Å². The highest BCUT2D eigenvalue weighted by atomic mass is 79.9. The second-order valence-electron chi connectivity index (χ2n) is 9.92. The Kier molecular flexibility index (Phi) is 15.1. The smallest absolute Gasteiger partial charge is 0.178 e. The Hall–Kier alpha value is -3.89. The summed E-state index contributed by atoms with van der Waals surface area (Å²) in [6, 6.07) is 44.0. The van der Waals surface area contributed by atoms with Crippen LogP contribution in [0.25, 0.3) is 22.3 Å². The SMILES string of the molecule is BrCCCC#Cc1ccc(-c2ccccc2)cc1.Cc1cccc[n+]1CCCC#Cc1ccc(-c2ccccc2)cc1.[Br-]. The van der Waals surface area contributed by atoms with Crippen molar-refractivity contribution in [2.24, 2.45) is 0 Å². The molecular formula is C40H37Br2N. The van der Waals surface area contributed by atoms with E-state index in [9.17, 15) is 0 Å². The van der Waals surface area contributed by atoms with Crippen molar-refractivity contribution in [1.29, 1.82) is 0 Å². The van der Waals surface area contributed by atoms with E-state index in [1.54, 1.807) is 0 Å². The van der Waals surface area contributed by atoms with Crippen molar-refractivity contribution < 1.29 is 21.5 Å². The van der Waals surface area contributed by atoms with Crippen molar-refractivity contribution in [3.63, 3.8) is 0 Å². The van der Waals surface area contributed by atoms with E-state index in [0.717, 1.165) is 48.7 Å². The zero-order valence-corrected chi connectivity index (χ0v) is 27.8. The van der Waals surface area contributed by atoms with Crippen molar-refractivity contribution in [3.05, 3.63) is 150 Å². The Balaban J connectivity index is 0.000000239. The highest BCUT2D eigenvalue weighted by molar-refractivity contribution is 9.09. The fourth-order valence-corrected chi connectivity index (χ4v) is 4.67. The van der Waals surface area contributed by atoms with Crippen molar-refractivity contribution in [2.45, 2.75) is 39.2 Å². The summed E-state index contributed by atoms with van der Waals surface area (Å²) >= 11 is 3.40. The van der Waals surface area contributed by atoms with E-state index in [-0.39, 0.29) is 17.0 Å². The number of pyridine rings is 1. The van der Waals surface area contributed by atoms with E-state index in [1.165, 1.54) is 27.9 Å². The number of hydrogen-bond donors (Lipinski definition) is 0. The van der Waals surface area contributed by atoms with Crippen LogP contribution in [0.2, 0.25) is 0 Å². The van der Waals surface area contributed by atoms with Crippen LogP contribution in [0.3, 0.4) is 0 Å². The summed E-state index contributed by atoms with van der Waals surface area (Å²) in [5.74, 6) is 12.9. The van der Waals surface area contributed by atoms with Gasteiger partial charge in [-0.2, -0.15) is 0 Å². The van der Waals surface area contributed by atoms with Gasteiger partial charge in [0.1, 0.15) is 6.54 Å². The number of benzene rings is 4. The van der Waals surface area contributed by atoms with Crippen LogP contribution in [0.1, 0.15) is 42.5 Å². The van der Waals surface area contributed by atoms with Gasteiger partial charge in [-0.1, -0.05) is 131 Å². The minimum absolute atomic E-state index is 0. The van der Waals surface area contributed by atoms with Gasteiger partial charge in [0.05, 0.1) is 0 Å². The molecule has 216 valence electrons. The molecule has 0 aliphatic rings. The minimum atomic E-state index is 0. The average molecular weight is 692 g/mol. The number of aryl methyl sites for hydroxylation is 2. The fraction of sp³-hybridized carbons (Fsp3) is 0.175. The zero-order valence-electron chi connectivity index (χ0n) is 24.6. The second kappa shape index (κ2) is 19.3. The molecule has 0 bridgehead atoms. The molecule has 5 rings (SSSR count). The Bertz CT molecular complexity index is 1620. The summed E-state index contributed by atoms with van der Waals surface area (Å²) in [5.41, 5.74) is 8.42. The number of alkyl halides is 1. The monoisotopic (exact) mass is 689 g/mol. The summed E-state index contributed by atoms with van der Waals surface area (Å²) in [5, 5.41) is 1.02. The fourth-order valence-electron chi connectivity index (χ4n) is 4.39. The molecule has 1 heterocycles. The number of halogens is 2. The lowest BCUT2D eigenvalue weighted by Crippen LogP contribution is -3.00. The number of unbranched alkanes of at least 4 members (excludes halogenated alkanes) is 2. The molecule has 0 unspecified atom stereocenters. The summed E-state index contributed by atoms with van der Waals surface area (Å²) < 4.78 is 2.27. The lowest BCUT2D eigenvalue weighted by Gasteiger charge is -2.00. The first-order valence-electron chi connectivity index (χ1n) is 14.5. The molecule has 5 aromatic rings. The predicted molar refractivity (Wildman–Crippen MR) is 181 cm³/mol. The third-order valence-electron chi connectivity index (χ3n) is 6.75. The van der Waals surface area contributed by atoms with Gasteiger partial charge >= 0.3 is 0 Å². The molecule has 0 atom stereocenters. The summed E-state index contributed by atoms with van der Waals surface area (Å²) in [7, 11) is 0. The number of aromatic nitrogens is 1. The molecule has 0 radical (unpaired) electrons. The van der Waals surface area contributed by atoms with Gasteiger partial charge in [0, 0.05) is 54.8 Å². The van der Waals surface area contributed by atoms with Crippen LogP contribution < -0.4 is 21.5 Å². The van der Waals surface area contributed by atoms with Gasteiger partial charge < -0.3 is 17.0 Å². The van der Waals surface area contributed by atoms with Crippen molar-refractivity contribution in [1.82, 2.24) is 0 Å². The first-order chi connectivity index (χ1) is 20.7. The molecule has 0 aliphatic heterocycles. The van der Waals surface area contributed by atoms with Crippen molar-refractivity contribution >= 4 is 15.9 Å². The average Bonchev–Trinajstić information content (AvgIpc) is 3.05. The largest absolute Gasteiger partial charge is 1.00 e.